The van der Waals surface area contributed by atoms with Crippen molar-refractivity contribution >= 4 is 5.78 Å². The quantitative estimate of drug-likeness (QED) is 0.785. The first-order valence-electron chi connectivity index (χ1n) is 5.77. The van der Waals surface area contributed by atoms with E-state index in [0.717, 1.165) is 23.1 Å². The lowest BCUT2D eigenvalue weighted by Gasteiger charge is -2.24. The van der Waals surface area contributed by atoms with E-state index in [1.54, 1.807) is 0 Å². The Hall–Kier alpha value is -1.31. The van der Waals surface area contributed by atoms with E-state index >= 15 is 0 Å². The first kappa shape index (κ1) is 11.2. The van der Waals surface area contributed by atoms with Gasteiger partial charge in [0.05, 0.1) is 5.56 Å². The molecule has 86 valence electrons. The van der Waals surface area contributed by atoms with Gasteiger partial charge in [0.25, 0.3) is 0 Å². The maximum absolute atomic E-state index is 12.0. The average Bonchev–Trinajstić information content (AvgIpc) is 2.48. The fourth-order valence-electron chi connectivity index (χ4n) is 2.86. The SMILES string of the molecule is CCC1(C)CC(=O)c2c(O)c(C)cc(C)c21. The molecule has 0 spiro atoms. The van der Waals surface area contributed by atoms with Crippen molar-refractivity contribution in [1.82, 2.24) is 0 Å². The van der Waals surface area contributed by atoms with Crippen molar-refractivity contribution in [2.24, 2.45) is 0 Å². The van der Waals surface area contributed by atoms with E-state index in [2.05, 4.69) is 13.8 Å². The molecule has 0 aliphatic heterocycles. The van der Waals surface area contributed by atoms with Gasteiger partial charge in [0, 0.05) is 11.8 Å². The molecule has 1 N–H and O–H groups in total. The van der Waals surface area contributed by atoms with Gasteiger partial charge in [0.2, 0.25) is 0 Å². The fourth-order valence-corrected chi connectivity index (χ4v) is 2.86. The predicted molar refractivity (Wildman–Crippen MR) is 64.2 cm³/mol. The zero-order valence-electron chi connectivity index (χ0n) is 10.3. The smallest absolute Gasteiger partial charge is 0.167 e. The molecule has 0 saturated heterocycles. The number of benzene rings is 1. The second-order valence-corrected chi connectivity index (χ2v) is 5.12. The molecule has 1 aromatic carbocycles. The molecule has 0 amide bonds. The number of ketones is 1. The first-order chi connectivity index (χ1) is 7.40. The Morgan fingerprint density at radius 1 is 1.38 bits per heavy atom. The van der Waals surface area contributed by atoms with Gasteiger partial charge >= 0.3 is 0 Å². The summed E-state index contributed by atoms with van der Waals surface area (Å²) in [5.41, 5.74) is 3.46. The number of aryl methyl sites for hydroxylation is 2. The molecule has 0 saturated carbocycles. The second-order valence-electron chi connectivity index (χ2n) is 5.12. The number of aromatic hydroxyl groups is 1. The van der Waals surface area contributed by atoms with E-state index in [9.17, 15) is 9.90 Å². The number of Topliss-reactive ketones (excluding diaryl/α,β-unsaturated/α-hetero) is 1. The van der Waals surface area contributed by atoms with Crippen molar-refractivity contribution in [3.8, 4) is 5.75 Å². The number of carbonyl (C=O) groups excluding carboxylic acids is 1. The van der Waals surface area contributed by atoms with Crippen LogP contribution in [0.3, 0.4) is 0 Å². The third-order valence-corrected chi connectivity index (χ3v) is 3.90. The summed E-state index contributed by atoms with van der Waals surface area (Å²) in [5, 5.41) is 10.0. The Bertz CT molecular complexity index is 474. The minimum Gasteiger partial charge on any atom is -0.507 e. The molecule has 1 unspecified atom stereocenters. The van der Waals surface area contributed by atoms with Crippen molar-refractivity contribution in [2.45, 2.75) is 46.0 Å². The normalized spacial score (nSPS) is 23.6. The monoisotopic (exact) mass is 218 g/mol. The molecule has 0 aromatic heterocycles. The number of phenols is 1. The molecule has 1 atom stereocenters. The summed E-state index contributed by atoms with van der Waals surface area (Å²) in [7, 11) is 0. The highest BCUT2D eigenvalue weighted by Gasteiger charge is 2.41. The van der Waals surface area contributed by atoms with Gasteiger partial charge in [-0.2, -0.15) is 0 Å². The van der Waals surface area contributed by atoms with Crippen LogP contribution in [0.2, 0.25) is 0 Å². The molecule has 0 radical (unpaired) electrons. The summed E-state index contributed by atoms with van der Waals surface area (Å²) < 4.78 is 0. The number of phenolic OH excluding ortho intramolecular Hbond substituents is 1. The topological polar surface area (TPSA) is 37.3 Å². The zero-order valence-corrected chi connectivity index (χ0v) is 10.3. The van der Waals surface area contributed by atoms with Gasteiger partial charge in [0.1, 0.15) is 5.75 Å². The molecule has 2 nitrogen and oxygen atoms in total. The minimum atomic E-state index is -0.0956. The van der Waals surface area contributed by atoms with E-state index < -0.39 is 0 Å². The summed E-state index contributed by atoms with van der Waals surface area (Å²) in [4.78, 5) is 12.0. The predicted octanol–water partition coefficient (Wildman–Crippen LogP) is 3.26. The molecule has 16 heavy (non-hydrogen) atoms. The van der Waals surface area contributed by atoms with Gasteiger partial charge in [0.15, 0.2) is 5.78 Å². The van der Waals surface area contributed by atoms with Crippen LogP contribution in [0, 0.1) is 13.8 Å². The van der Waals surface area contributed by atoms with Crippen molar-refractivity contribution in [1.29, 1.82) is 0 Å². The van der Waals surface area contributed by atoms with Crippen LogP contribution in [0.25, 0.3) is 0 Å². The lowest BCUT2D eigenvalue weighted by atomic mass is 9.79. The Balaban J connectivity index is 2.80. The summed E-state index contributed by atoms with van der Waals surface area (Å²) in [5.74, 6) is 0.270. The highest BCUT2D eigenvalue weighted by molar-refractivity contribution is 6.05. The van der Waals surface area contributed by atoms with Crippen LogP contribution in [-0.2, 0) is 5.41 Å². The molecule has 0 fully saturated rings. The molecule has 2 heteroatoms. The highest BCUT2D eigenvalue weighted by Crippen LogP contribution is 2.46. The molecular formula is C14H18O2. The minimum absolute atomic E-state index is 0.0867. The van der Waals surface area contributed by atoms with Crippen LogP contribution >= 0.6 is 0 Å². The summed E-state index contributed by atoms with van der Waals surface area (Å²) in [6.07, 6.45) is 1.45. The number of rotatable bonds is 1. The van der Waals surface area contributed by atoms with Crippen molar-refractivity contribution in [3.63, 3.8) is 0 Å². The van der Waals surface area contributed by atoms with Gasteiger partial charge in [-0.3, -0.25) is 4.79 Å². The highest BCUT2D eigenvalue weighted by atomic mass is 16.3. The van der Waals surface area contributed by atoms with Crippen molar-refractivity contribution in [2.75, 3.05) is 0 Å². The van der Waals surface area contributed by atoms with E-state index in [-0.39, 0.29) is 16.9 Å². The number of carbonyl (C=O) groups is 1. The Labute approximate surface area is 96.3 Å². The van der Waals surface area contributed by atoms with Crippen LogP contribution in [0.15, 0.2) is 6.07 Å². The third kappa shape index (κ3) is 1.29. The standard InChI is InChI=1S/C14H18O2/c1-5-14(4)7-10(15)11-12(14)8(2)6-9(3)13(11)16/h6,16H,5,7H2,1-4H3. The van der Waals surface area contributed by atoms with Crippen LogP contribution in [0.5, 0.6) is 5.75 Å². The molecule has 0 heterocycles. The van der Waals surface area contributed by atoms with Gasteiger partial charge < -0.3 is 5.11 Å². The Kier molecular flexibility index (Phi) is 2.33. The zero-order chi connectivity index (χ0) is 12.1. The summed E-state index contributed by atoms with van der Waals surface area (Å²) in [6, 6.07) is 1.97. The third-order valence-electron chi connectivity index (χ3n) is 3.90. The summed E-state index contributed by atoms with van der Waals surface area (Å²) >= 11 is 0. The average molecular weight is 218 g/mol. The van der Waals surface area contributed by atoms with E-state index in [1.807, 2.05) is 19.9 Å². The molecule has 1 aliphatic rings. The van der Waals surface area contributed by atoms with Crippen LogP contribution < -0.4 is 0 Å². The van der Waals surface area contributed by atoms with Crippen molar-refractivity contribution in [3.05, 3.63) is 28.3 Å². The second kappa shape index (κ2) is 3.34. The number of hydrogen-bond donors (Lipinski definition) is 1. The van der Waals surface area contributed by atoms with E-state index in [0.29, 0.717) is 12.0 Å². The molecule has 2 rings (SSSR count). The van der Waals surface area contributed by atoms with E-state index in [1.165, 1.54) is 0 Å². The van der Waals surface area contributed by atoms with Gasteiger partial charge in [-0.05, 0) is 37.0 Å². The lowest BCUT2D eigenvalue weighted by molar-refractivity contribution is 0.0973. The number of hydrogen-bond acceptors (Lipinski definition) is 2. The summed E-state index contributed by atoms with van der Waals surface area (Å²) in [6.45, 7) is 8.08. The molecule has 0 bridgehead atoms. The molecule has 1 aliphatic carbocycles. The molecular weight excluding hydrogens is 200 g/mol. The van der Waals surface area contributed by atoms with Crippen LogP contribution in [-0.4, -0.2) is 10.9 Å². The van der Waals surface area contributed by atoms with Crippen LogP contribution in [0.1, 0.15) is 53.7 Å². The van der Waals surface area contributed by atoms with E-state index in [4.69, 9.17) is 0 Å². The van der Waals surface area contributed by atoms with Gasteiger partial charge in [-0.1, -0.05) is 19.9 Å². The fraction of sp³-hybridized carbons (Fsp3) is 0.500. The maximum Gasteiger partial charge on any atom is 0.167 e. The first-order valence-corrected chi connectivity index (χ1v) is 5.77. The van der Waals surface area contributed by atoms with Gasteiger partial charge in [-0.25, -0.2) is 0 Å². The van der Waals surface area contributed by atoms with Crippen LogP contribution in [0.4, 0.5) is 0 Å². The van der Waals surface area contributed by atoms with Crippen molar-refractivity contribution < 1.29 is 9.90 Å². The Morgan fingerprint density at radius 2 is 2.00 bits per heavy atom. The largest absolute Gasteiger partial charge is 0.507 e. The lowest BCUT2D eigenvalue weighted by Crippen LogP contribution is -2.18. The molecule has 1 aromatic rings. The van der Waals surface area contributed by atoms with Gasteiger partial charge in [-0.15, -0.1) is 0 Å². The number of fused-ring (bicyclic) bond motifs is 1. The Morgan fingerprint density at radius 3 is 2.56 bits per heavy atom. The maximum atomic E-state index is 12.0.